The molecule has 0 saturated carbocycles. The number of halogens is 1. The third-order valence-corrected chi connectivity index (χ3v) is 4.11. The summed E-state index contributed by atoms with van der Waals surface area (Å²) in [5.74, 6) is -1.18. The van der Waals surface area contributed by atoms with Crippen LogP contribution in [0.15, 0.2) is 72.8 Å². The monoisotopic (exact) mass is 377 g/mol. The molecule has 0 aliphatic rings. The van der Waals surface area contributed by atoms with Crippen molar-refractivity contribution in [2.24, 2.45) is 0 Å². The summed E-state index contributed by atoms with van der Waals surface area (Å²) in [5, 5.41) is 5.43. The molecule has 3 aromatic carbocycles. The number of nitrogens with one attached hydrogen (secondary N) is 2. The minimum atomic E-state index is -0.439. The molecule has 0 aliphatic carbocycles. The molecule has 0 bridgehead atoms. The Kier molecular flexibility index (Phi) is 5.69. The van der Waals surface area contributed by atoms with Crippen molar-refractivity contribution in [2.45, 2.75) is 0 Å². The van der Waals surface area contributed by atoms with Gasteiger partial charge in [-0.2, -0.15) is 0 Å². The molecule has 0 atom stereocenters. The third kappa shape index (κ3) is 4.73. The van der Waals surface area contributed by atoms with E-state index in [0.717, 1.165) is 5.69 Å². The summed E-state index contributed by atoms with van der Waals surface area (Å²) in [6, 6.07) is 19.4. The molecule has 0 aromatic heterocycles. The van der Waals surface area contributed by atoms with Crippen molar-refractivity contribution in [1.82, 2.24) is 0 Å². The highest BCUT2D eigenvalue weighted by Gasteiger charge is 2.11. The first-order chi connectivity index (χ1) is 13.4. The van der Waals surface area contributed by atoms with Gasteiger partial charge in [-0.05, 0) is 60.7 Å². The van der Waals surface area contributed by atoms with Crippen molar-refractivity contribution in [3.63, 3.8) is 0 Å². The number of anilines is 3. The first-order valence-corrected chi connectivity index (χ1v) is 8.68. The minimum Gasteiger partial charge on any atom is -0.378 e. The average Bonchev–Trinajstić information content (AvgIpc) is 2.68. The van der Waals surface area contributed by atoms with E-state index in [-0.39, 0.29) is 5.91 Å². The fraction of sp³-hybridized carbons (Fsp3) is 0.0909. The molecule has 2 amide bonds. The average molecular weight is 377 g/mol. The topological polar surface area (TPSA) is 61.4 Å². The summed E-state index contributed by atoms with van der Waals surface area (Å²) >= 11 is 0. The molecule has 0 radical (unpaired) electrons. The summed E-state index contributed by atoms with van der Waals surface area (Å²) in [4.78, 5) is 26.9. The Bertz CT molecular complexity index is 1000. The standard InChI is InChI=1S/C22H20FN3O2/c1-26(2)20-11-9-18(10-12-20)24-21(27)15-5-3-6-16(13-15)22(28)25-19-8-4-7-17(23)14-19/h3-14H,1-2H3,(H,24,27)(H,25,28). The smallest absolute Gasteiger partial charge is 0.255 e. The Labute approximate surface area is 162 Å². The van der Waals surface area contributed by atoms with Crippen molar-refractivity contribution in [2.75, 3.05) is 29.6 Å². The van der Waals surface area contributed by atoms with E-state index in [0.29, 0.717) is 22.5 Å². The molecule has 142 valence electrons. The van der Waals surface area contributed by atoms with Gasteiger partial charge in [0.2, 0.25) is 0 Å². The first kappa shape index (κ1) is 19.1. The fourth-order valence-corrected chi connectivity index (χ4v) is 2.62. The fourth-order valence-electron chi connectivity index (χ4n) is 2.62. The van der Waals surface area contributed by atoms with Gasteiger partial charge < -0.3 is 15.5 Å². The van der Waals surface area contributed by atoms with Gasteiger partial charge in [0.05, 0.1) is 0 Å². The molecule has 0 fully saturated rings. The summed E-state index contributed by atoms with van der Waals surface area (Å²) < 4.78 is 13.3. The zero-order valence-corrected chi connectivity index (χ0v) is 15.6. The molecule has 3 aromatic rings. The highest BCUT2D eigenvalue weighted by Crippen LogP contribution is 2.17. The summed E-state index contributed by atoms with van der Waals surface area (Å²) in [6.45, 7) is 0. The van der Waals surface area contributed by atoms with E-state index in [1.165, 1.54) is 24.3 Å². The molecule has 0 spiro atoms. The molecule has 0 unspecified atom stereocenters. The summed E-state index contributed by atoms with van der Waals surface area (Å²) in [6.07, 6.45) is 0. The number of hydrogen-bond acceptors (Lipinski definition) is 3. The van der Waals surface area contributed by atoms with Gasteiger partial charge in [-0.15, -0.1) is 0 Å². The predicted octanol–water partition coefficient (Wildman–Crippen LogP) is 4.40. The van der Waals surface area contributed by atoms with Crippen LogP contribution in [0.5, 0.6) is 0 Å². The molecule has 0 saturated heterocycles. The maximum absolute atomic E-state index is 13.3. The number of nitrogens with zero attached hydrogens (tertiary/aromatic N) is 1. The van der Waals surface area contributed by atoms with Crippen LogP contribution in [0.1, 0.15) is 20.7 Å². The van der Waals surface area contributed by atoms with Crippen molar-refractivity contribution in [3.05, 3.63) is 89.7 Å². The highest BCUT2D eigenvalue weighted by molar-refractivity contribution is 6.08. The van der Waals surface area contributed by atoms with Crippen LogP contribution in [0, 0.1) is 5.82 Å². The van der Waals surface area contributed by atoms with E-state index >= 15 is 0 Å². The van der Waals surface area contributed by atoms with Crippen LogP contribution in [0.4, 0.5) is 21.5 Å². The van der Waals surface area contributed by atoms with E-state index in [2.05, 4.69) is 10.6 Å². The normalized spacial score (nSPS) is 10.2. The van der Waals surface area contributed by atoms with Crippen molar-refractivity contribution in [3.8, 4) is 0 Å². The van der Waals surface area contributed by atoms with Crippen LogP contribution in [0.3, 0.4) is 0 Å². The third-order valence-electron chi connectivity index (χ3n) is 4.11. The number of carbonyl (C=O) groups is 2. The van der Waals surface area contributed by atoms with E-state index < -0.39 is 11.7 Å². The molecule has 3 rings (SSSR count). The van der Waals surface area contributed by atoms with Gasteiger partial charge in [-0.25, -0.2) is 4.39 Å². The van der Waals surface area contributed by atoms with Crippen LogP contribution in [0.2, 0.25) is 0 Å². The molecular weight excluding hydrogens is 357 g/mol. The molecule has 6 heteroatoms. The molecular formula is C22H20FN3O2. The maximum Gasteiger partial charge on any atom is 0.255 e. The Hall–Kier alpha value is -3.67. The predicted molar refractivity (Wildman–Crippen MR) is 110 cm³/mol. The van der Waals surface area contributed by atoms with Crippen molar-refractivity contribution in [1.29, 1.82) is 0 Å². The maximum atomic E-state index is 13.3. The second kappa shape index (κ2) is 8.35. The SMILES string of the molecule is CN(C)c1ccc(NC(=O)c2cccc(C(=O)Nc3cccc(F)c3)c2)cc1. The zero-order valence-electron chi connectivity index (χ0n) is 15.6. The van der Waals surface area contributed by atoms with Gasteiger partial charge >= 0.3 is 0 Å². The van der Waals surface area contributed by atoms with Crippen LogP contribution in [-0.4, -0.2) is 25.9 Å². The zero-order chi connectivity index (χ0) is 20.1. The summed E-state index contributed by atoms with van der Waals surface area (Å²) in [5.41, 5.74) is 2.68. The van der Waals surface area contributed by atoms with E-state index in [9.17, 15) is 14.0 Å². The number of carbonyl (C=O) groups excluding carboxylic acids is 2. The van der Waals surface area contributed by atoms with Gasteiger partial charge in [0, 0.05) is 42.3 Å². The van der Waals surface area contributed by atoms with Gasteiger partial charge in [0.25, 0.3) is 11.8 Å². The molecule has 2 N–H and O–H groups in total. The van der Waals surface area contributed by atoms with Gasteiger partial charge in [-0.1, -0.05) is 12.1 Å². The van der Waals surface area contributed by atoms with Crippen LogP contribution >= 0.6 is 0 Å². The number of rotatable bonds is 5. The lowest BCUT2D eigenvalue weighted by molar-refractivity contribution is 0.102. The van der Waals surface area contributed by atoms with E-state index in [4.69, 9.17) is 0 Å². The molecule has 0 heterocycles. The number of benzene rings is 3. The first-order valence-electron chi connectivity index (χ1n) is 8.68. The number of amides is 2. The van der Waals surface area contributed by atoms with Crippen LogP contribution in [0.25, 0.3) is 0 Å². The minimum absolute atomic E-state index is 0.305. The lowest BCUT2D eigenvalue weighted by Crippen LogP contribution is -2.15. The highest BCUT2D eigenvalue weighted by atomic mass is 19.1. The molecule has 28 heavy (non-hydrogen) atoms. The Balaban J connectivity index is 1.71. The van der Waals surface area contributed by atoms with E-state index in [1.807, 2.05) is 43.3 Å². The quantitative estimate of drug-likeness (QED) is 0.693. The van der Waals surface area contributed by atoms with Crippen LogP contribution in [-0.2, 0) is 0 Å². The second-order valence-corrected chi connectivity index (χ2v) is 6.44. The molecule has 5 nitrogen and oxygen atoms in total. The lowest BCUT2D eigenvalue weighted by atomic mass is 10.1. The summed E-state index contributed by atoms with van der Waals surface area (Å²) in [7, 11) is 3.88. The van der Waals surface area contributed by atoms with E-state index in [1.54, 1.807) is 24.3 Å². The van der Waals surface area contributed by atoms with Gasteiger partial charge in [0.1, 0.15) is 5.82 Å². The Morgan fingerprint density at radius 3 is 1.89 bits per heavy atom. The van der Waals surface area contributed by atoms with Crippen LogP contribution < -0.4 is 15.5 Å². The Morgan fingerprint density at radius 1 is 0.750 bits per heavy atom. The van der Waals surface area contributed by atoms with Gasteiger partial charge in [0.15, 0.2) is 0 Å². The van der Waals surface area contributed by atoms with Gasteiger partial charge in [-0.3, -0.25) is 9.59 Å². The van der Waals surface area contributed by atoms with Crippen molar-refractivity contribution < 1.29 is 14.0 Å². The largest absolute Gasteiger partial charge is 0.378 e. The van der Waals surface area contributed by atoms with Crippen molar-refractivity contribution >= 4 is 28.9 Å². The Morgan fingerprint density at radius 2 is 1.32 bits per heavy atom. The lowest BCUT2D eigenvalue weighted by Gasteiger charge is -2.13. The molecule has 0 aliphatic heterocycles. The second-order valence-electron chi connectivity index (χ2n) is 6.44. The number of hydrogen-bond donors (Lipinski definition) is 2.